The van der Waals surface area contributed by atoms with E-state index in [1.54, 1.807) is 0 Å². The second kappa shape index (κ2) is 9.78. The van der Waals surface area contributed by atoms with Crippen LogP contribution in [0.1, 0.15) is 59.4 Å². The number of unbranched alkanes of at least 4 members (excludes halogenated alkanes) is 2. The quantitative estimate of drug-likeness (QED) is 0.654. The van der Waals surface area contributed by atoms with Crippen LogP contribution in [0.5, 0.6) is 0 Å². The molecule has 0 bridgehead atoms. The summed E-state index contributed by atoms with van der Waals surface area (Å²) in [7, 11) is 0. The van der Waals surface area contributed by atoms with Gasteiger partial charge < -0.3 is 10.2 Å². The van der Waals surface area contributed by atoms with E-state index in [4.69, 9.17) is 0 Å². The fourth-order valence-electron chi connectivity index (χ4n) is 2.46. The van der Waals surface area contributed by atoms with Crippen LogP contribution in [0.3, 0.4) is 0 Å². The molecule has 0 radical (unpaired) electrons. The first-order valence-electron chi connectivity index (χ1n) is 8.47. The van der Waals surface area contributed by atoms with Gasteiger partial charge in [0.25, 0.3) is 0 Å². The zero-order valence-corrected chi connectivity index (χ0v) is 14.5. The van der Waals surface area contributed by atoms with Gasteiger partial charge in [0, 0.05) is 30.9 Å². The number of nitrogens with one attached hydrogen (secondary N) is 1. The first-order chi connectivity index (χ1) is 10.1. The van der Waals surface area contributed by atoms with Gasteiger partial charge in [-0.2, -0.15) is 0 Å². The van der Waals surface area contributed by atoms with Gasteiger partial charge in [0.05, 0.1) is 0 Å². The van der Waals surface area contributed by atoms with E-state index in [1.165, 1.54) is 24.8 Å². The number of aromatic nitrogens is 1. The Labute approximate surface area is 131 Å². The molecule has 21 heavy (non-hydrogen) atoms. The molecule has 1 N–H and O–H groups in total. The maximum Gasteiger partial charge on any atom is 0.133 e. The molecule has 0 aromatic carbocycles. The first-order valence-corrected chi connectivity index (χ1v) is 8.47. The second-order valence-corrected chi connectivity index (χ2v) is 6.51. The summed E-state index contributed by atoms with van der Waals surface area (Å²) in [5.41, 5.74) is 1.31. The highest BCUT2D eigenvalue weighted by molar-refractivity contribution is 5.47. The van der Waals surface area contributed by atoms with Crippen molar-refractivity contribution < 1.29 is 0 Å². The number of nitrogens with zero attached hydrogens (tertiary/aromatic N) is 2. The average molecular weight is 291 g/mol. The smallest absolute Gasteiger partial charge is 0.133 e. The molecule has 0 unspecified atom stereocenters. The maximum atomic E-state index is 4.66. The third-order valence-corrected chi connectivity index (χ3v) is 3.63. The molecule has 0 fully saturated rings. The molecule has 0 amide bonds. The maximum absolute atomic E-state index is 4.66. The molecule has 1 aromatic heterocycles. The third kappa shape index (κ3) is 6.47. The van der Waals surface area contributed by atoms with Crippen molar-refractivity contribution in [2.75, 3.05) is 18.0 Å². The molecule has 0 atom stereocenters. The van der Waals surface area contributed by atoms with Crippen molar-refractivity contribution in [1.82, 2.24) is 10.3 Å². The summed E-state index contributed by atoms with van der Waals surface area (Å²) in [6.07, 6.45) is 5.70. The van der Waals surface area contributed by atoms with Crippen LogP contribution in [-0.4, -0.2) is 24.1 Å². The number of pyridine rings is 1. The highest BCUT2D eigenvalue weighted by Gasteiger charge is 2.15. The summed E-state index contributed by atoms with van der Waals surface area (Å²) in [5, 5.41) is 3.54. The minimum atomic E-state index is 0.487. The molecule has 3 heteroatoms. The van der Waals surface area contributed by atoms with Crippen molar-refractivity contribution in [2.24, 2.45) is 5.92 Å². The Bertz CT molecular complexity index is 388. The van der Waals surface area contributed by atoms with E-state index in [0.717, 1.165) is 25.5 Å². The lowest BCUT2D eigenvalue weighted by Crippen LogP contribution is -2.34. The molecule has 0 aliphatic carbocycles. The summed E-state index contributed by atoms with van der Waals surface area (Å²) >= 11 is 0. The predicted molar refractivity (Wildman–Crippen MR) is 92.8 cm³/mol. The fourth-order valence-corrected chi connectivity index (χ4v) is 2.46. The number of hydrogen-bond acceptors (Lipinski definition) is 3. The minimum Gasteiger partial charge on any atom is -0.354 e. The zero-order chi connectivity index (χ0) is 15.7. The molecule has 1 rings (SSSR count). The van der Waals surface area contributed by atoms with E-state index in [0.29, 0.717) is 12.0 Å². The van der Waals surface area contributed by atoms with E-state index in [1.807, 2.05) is 12.3 Å². The molecule has 120 valence electrons. The molecular weight excluding hydrogens is 258 g/mol. The van der Waals surface area contributed by atoms with Crippen LogP contribution in [0.15, 0.2) is 18.3 Å². The van der Waals surface area contributed by atoms with Crippen LogP contribution in [-0.2, 0) is 6.54 Å². The Morgan fingerprint density at radius 2 is 1.95 bits per heavy atom. The summed E-state index contributed by atoms with van der Waals surface area (Å²) in [6.45, 7) is 14.3. The van der Waals surface area contributed by atoms with Crippen LogP contribution in [0, 0.1) is 5.92 Å². The van der Waals surface area contributed by atoms with Crippen LogP contribution in [0.4, 0.5) is 5.82 Å². The van der Waals surface area contributed by atoms with E-state index in [2.05, 4.69) is 55.9 Å². The Hall–Kier alpha value is -1.09. The number of rotatable bonds is 10. The van der Waals surface area contributed by atoms with E-state index in [9.17, 15) is 0 Å². The molecular formula is C18H33N3. The van der Waals surface area contributed by atoms with Gasteiger partial charge in [0.2, 0.25) is 0 Å². The van der Waals surface area contributed by atoms with Crippen molar-refractivity contribution in [3.05, 3.63) is 23.9 Å². The van der Waals surface area contributed by atoms with Crippen LogP contribution in [0.2, 0.25) is 0 Å². The van der Waals surface area contributed by atoms with Gasteiger partial charge in [0.1, 0.15) is 5.82 Å². The normalized spacial score (nSPS) is 11.4. The Kier molecular flexibility index (Phi) is 8.36. The molecule has 0 saturated heterocycles. The van der Waals surface area contributed by atoms with Gasteiger partial charge in [-0.15, -0.1) is 0 Å². The molecule has 1 heterocycles. The van der Waals surface area contributed by atoms with Gasteiger partial charge in [-0.1, -0.05) is 39.7 Å². The Morgan fingerprint density at radius 3 is 2.57 bits per heavy atom. The summed E-state index contributed by atoms with van der Waals surface area (Å²) in [4.78, 5) is 7.11. The van der Waals surface area contributed by atoms with E-state index in [-0.39, 0.29) is 0 Å². The first kappa shape index (κ1) is 18.0. The summed E-state index contributed by atoms with van der Waals surface area (Å²) in [5.74, 6) is 1.83. The molecule has 0 aliphatic heterocycles. The van der Waals surface area contributed by atoms with E-state index < -0.39 is 0 Å². The van der Waals surface area contributed by atoms with Crippen molar-refractivity contribution in [1.29, 1.82) is 0 Å². The van der Waals surface area contributed by atoms with Crippen molar-refractivity contribution in [3.63, 3.8) is 0 Å². The fraction of sp³-hybridized carbons (Fsp3) is 0.722. The van der Waals surface area contributed by atoms with Gasteiger partial charge in [-0.05, 0) is 38.8 Å². The average Bonchev–Trinajstić information content (AvgIpc) is 2.44. The summed E-state index contributed by atoms with van der Waals surface area (Å²) in [6, 6.07) is 4.73. The molecule has 3 nitrogen and oxygen atoms in total. The van der Waals surface area contributed by atoms with Crippen LogP contribution < -0.4 is 10.2 Å². The minimum absolute atomic E-state index is 0.487. The Morgan fingerprint density at radius 1 is 1.19 bits per heavy atom. The van der Waals surface area contributed by atoms with Crippen molar-refractivity contribution in [3.8, 4) is 0 Å². The monoisotopic (exact) mass is 291 g/mol. The predicted octanol–water partition coefficient (Wildman–Crippen LogP) is 4.23. The van der Waals surface area contributed by atoms with Crippen molar-refractivity contribution in [2.45, 2.75) is 66.5 Å². The molecule has 0 spiro atoms. The van der Waals surface area contributed by atoms with Gasteiger partial charge >= 0.3 is 0 Å². The van der Waals surface area contributed by atoms with Crippen LogP contribution in [0.25, 0.3) is 0 Å². The SMILES string of the molecule is CCCCCN(c1ncccc1CNCC(C)C)C(C)C. The molecule has 0 saturated carbocycles. The highest BCUT2D eigenvalue weighted by Crippen LogP contribution is 2.20. The lowest BCUT2D eigenvalue weighted by atomic mass is 10.1. The number of hydrogen-bond donors (Lipinski definition) is 1. The van der Waals surface area contributed by atoms with Gasteiger partial charge in [0.15, 0.2) is 0 Å². The molecule has 0 aliphatic rings. The van der Waals surface area contributed by atoms with Crippen LogP contribution >= 0.6 is 0 Å². The number of anilines is 1. The lowest BCUT2D eigenvalue weighted by molar-refractivity contribution is 0.549. The van der Waals surface area contributed by atoms with E-state index >= 15 is 0 Å². The molecule has 1 aromatic rings. The summed E-state index contributed by atoms with van der Waals surface area (Å²) < 4.78 is 0. The lowest BCUT2D eigenvalue weighted by Gasteiger charge is -2.30. The van der Waals surface area contributed by atoms with Crippen molar-refractivity contribution >= 4 is 5.82 Å². The highest BCUT2D eigenvalue weighted by atomic mass is 15.2. The Balaban J connectivity index is 2.76. The standard InChI is InChI=1S/C18H33N3/c1-6-7-8-12-21(16(4)5)18-17(10-9-11-20-18)14-19-13-15(2)3/h9-11,15-16,19H,6-8,12-14H2,1-5H3. The topological polar surface area (TPSA) is 28.2 Å². The van der Waals surface area contributed by atoms with Gasteiger partial charge in [-0.25, -0.2) is 4.98 Å². The third-order valence-electron chi connectivity index (χ3n) is 3.63. The largest absolute Gasteiger partial charge is 0.354 e. The second-order valence-electron chi connectivity index (χ2n) is 6.51. The van der Waals surface area contributed by atoms with Gasteiger partial charge in [-0.3, -0.25) is 0 Å². The zero-order valence-electron chi connectivity index (χ0n) is 14.5.